The summed E-state index contributed by atoms with van der Waals surface area (Å²) in [6.45, 7) is 7.50. The summed E-state index contributed by atoms with van der Waals surface area (Å²) in [5.74, 6) is 0. The smallest absolute Gasteiger partial charge is 0.136 e. The Morgan fingerprint density at radius 2 is 2.10 bits per heavy atom. The molecule has 6 heteroatoms. The zero-order valence-electron chi connectivity index (χ0n) is 12.3. The Labute approximate surface area is 132 Å². The second-order valence-electron chi connectivity index (χ2n) is 5.67. The minimum atomic E-state index is -1.34. The van der Waals surface area contributed by atoms with E-state index in [4.69, 9.17) is 0 Å². The van der Waals surface area contributed by atoms with E-state index in [9.17, 15) is 8.94 Å². The maximum atomic E-state index is 14.4. The maximum absolute atomic E-state index is 14.4. The van der Waals surface area contributed by atoms with E-state index >= 15 is 0 Å². The topological polar surface area (TPSA) is 48.0 Å². The molecule has 1 rings (SSSR count). The Hall–Kier alpha value is -0.170. The van der Waals surface area contributed by atoms with E-state index in [1.807, 2.05) is 27.7 Å². The molecule has 1 heterocycles. The van der Waals surface area contributed by atoms with Crippen LogP contribution in [0, 0.1) is 0 Å². The van der Waals surface area contributed by atoms with Gasteiger partial charge in [-0.3, -0.25) is 0 Å². The lowest BCUT2D eigenvalue weighted by Crippen LogP contribution is -2.44. The van der Waals surface area contributed by atoms with Gasteiger partial charge in [0.15, 0.2) is 0 Å². The van der Waals surface area contributed by atoms with Gasteiger partial charge in [0.2, 0.25) is 0 Å². The molecule has 1 aromatic heterocycles. The molecule has 0 bridgehead atoms. The lowest BCUT2D eigenvalue weighted by atomic mass is 10.1. The average Bonchev–Trinajstić information content (AvgIpc) is 2.34. The number of rotatable bonds is 6. The first kappa shape index (κ1) is 17.9. The van der Waals surface area contributed by atoms with Crippen LogP contribution in [0.3, 0.4) is 0 Å². The minimum absolute atomic E-state index is 0.410. The molecule has 0 aliphatic carbocycles. The van der Waals surface area contributed by atoms with Gasteiger partial charge in [0.05, 0.1) is 5.69 Å². The summed E-state index contributed by atoms with van der Waals surface area (Å²) in [4.78, 5) is 4.29. The van der Waals surface area contributed by atoms with Crippen molar-refractivity contribution in [3.8, 4) is 0 Å². The van der Waals surface area contributed by atoms with Gasteiger partial charge >= 0.3 is 0 Å². The van der Waals surface area contributed by atoms with Crippen LogP contribution in [0.25, 0.3) is 0 Å². The highest BCUT2D eigenvalue weighted by molar-refractivity contribution is 9.10. The number of nitrogens with one attached hydrogen (secondary N) is 1. The number of hydrogen-bond donors (Lipinski definition) is 1. The van der Waals surface area contributed by atoms with E-state index < -0.39 is 28.3 Å². The Morgan fingerprint density at radius 1 is 1.45 bits per heavy atom. The highest BCUT2D eigenvalue weighted by Gasteiger charge is 2.34. The van der Waals surface area contributed by atoms with Crippen molar-refractivity contribution in [2.24, 2.45) is 0 Å². The molecule has 3 nitrogen and oxygen atoms in total. The zero-order valence-corrected chi connectivity index (χ0v) is 14.7. The molecular weight excluding hydrogens is 343 g/mol. The fourth-order valence-electron chi connectivity index (χ4n) is 1.65. The van der Waals surface area contributed by atoms with Crippen LogP contribution in [-0.4, -0.2) is 20.5 Å². The molecule has 114 valence electrons. The summed E-state index contributed by atoms with van der Waals surface area (Å²) < 4.78 is 29.7. The Bertz CT molecular complexity index is 428. The van der Waals surface area contributed by atoms with E-state index in [1.165, 1.54) is 0 Å². The van der Waals surface area contributed by atoms with Crippen molar-refractivity contribution in [1.29, 1.82) is 0 Å². The normalized spacial score (nSPS) is 16.8. The van der Waals surface area contributed by atoms with E-state index in [-0.39, 0.29) is 0 Å². The third kappa shape index (κ3) is 5.31. The molecule has 0 spiro atoms. The Balaban J connectivity index is 2.97. The molecule has 3 atom stereocenters. The highest BCUT2D eigenvalue weighted by atomic mass is 79.9. The monoisotopic (exact) mass is 364 g/mol. The number of nitrogens with zero attached hydrogens (tertiary/aromatic N) is 1. The van der Waals surface area contributed by atoms with Crippen LogP contribution in [0.15, 0.2) is 22.8 Å². The van der Waals surface area contributed by atoms with Gasteiger partial charge in [0.1, 0.15) is 21.6 Å². The first-order valence-electron chi connectivity index (χ1n) is 6.70. The lowest BCUT2D eigenvalue weighted by molar-refractivity contribution is 0.249. The first-order chi connectivity index (χ1) is 9.25. The second kappa shape index (κ2) is 7.73. The summed E-state index contributed by atoms with van der Waals surface area (Å²) >= 11 is 1.94. The van der Waals surface area contributed by atoms with Crippen LogP contribution >= 0.6 is 15.9 Å². The molecule has 0 saturated heterocycles. The Kier molecular flexibility index (Phi) is 6.91. The predicted octanol–water partition coefficient (Wildman–Crippen LogP) is 4.08. The Morgan fingerprint density at radius 3 is 2.60 bits per heavy atom. The van der Waals surface area contributed by atoms with Gasteiger partial charge in [0.25, 0.3) is 0 Å². The van der Waals surface area contributed by atoms with Crippen molar-refractivity contribution >= 4 is 27.3 Å². The predicted molar refractivity (Wildman–Crippen MR) is 85.5 cm³/mol. The third-order valence-electron chi connectivity index (χ3n) is 2.77. The quantitative estimate of drug-likeness (QED) is 0.611. The summed E-state index contributed by atoms with van der Waals surface area (Å²) in [6.07, 6.45) is 0.0241. The van der Waals surface area contributed by atoms with E-state index in [2.05, 4.69) is 25.6 Å². The number of halogens is 2. The SMILES string of the molecule is CCCC(F)[C@@H](N[S+]([O-])C(C)(C)C)c1cccc(Br)n1. The molecule has 1 N–H and O–H groups in total. The fraction of sp³-hybridized carbons (Fsp3) is 0.643. The molecule has 0 aliphatic rings. The van der Waals surface area contributed by atoms with E-state index in [0.717, 1.165) is 6.42 Å². The number of pyridine rings is 1. The number of hydrogen-bond acceptors (Lipinski definition) is 3. The van der Waals surface area contributed by atoms with Crippen molar-refractivity contribution in [3.05, 3.63) is 28.5 Å². The van der Waals surface area contributed by atoms with Gasteiger partial charge in [-0.25, -0.2) is 9.37 Å². The van der Waals surface area contributed by atoms with Crippen molar-refractivity contribution in [3.63, 3.8) is 0 Å². The van der Waals surface area contributed by atoms with Gasteiger partial charge in [-0.05, 0) is 55.3 Å². The molecule has 20 heavy (non-hydrogen) atoms. The van der Waals surface area contributed by atoms with Crippen molar-refractivity contribution in [1.82, 2.24) is 9.71 Å². The highest BCUT2D eigenvalue weighted by Crippen LogP contribution is 2.26. The van der Waals surface area contributed by atoms with Crippen LogP contribution in [-0.2, 0) is 11.4 Å². The van der Waals surface area contributed by atoms with Crippen LogP contribution in [0.1, 0.15) is 52.3 Å². The molecular formula is C14H22BrFN2OS. The van der Waals surface area contributed by atoms with Gasteiger partial charge in [-0.15, -0.1) is 4.72 Å². The van der Waals surface area contributed by atoms with Crippen LogP contribution < -0.4 is 4.72 Å². The first-order valence-corrected chi connectivity index (χ1v) is 8.64. The lowest BCUT2D eigenvalue weighted by Gasteiger charge is -2.29. The third-order valence-corrected chi connectivity index (χ3v) is 4.79. The summed E-state index contributed by atoms with van der Waals surface area (Å²) in [5.41, 5.74) is 0.568. The summed E-state index contributed by atoms with van der Waals surface area (Å²) in [6, 6.07) is 4.69. The number of aromatic nitrogens is 1. The second-order valence-corrected chi connectivity index (χ2v) is 8.48. The minimum Gasteiger partial charge on any atom is -0.598 e. The molecule has 0 saturated carbocycles. The van der Waals surface area contributed by atoms with E-state index in [0.29, 0.717) is 16.7 Å². The summed E-state index contributed by atoms with van der Waals surface area (Å²) in [5, 5.41) is 0. The van der Waals surface area contributed by atoms with E-state index in [1.54, 1.807) is 18.2 Å². The molecule has 0 radical (unpaired) electrons. The maximum Gasteiger partial charge on any atom is 0.136 e. The fourth-order valence-corrected chi connectivity index (χ4v) is 2.86. The zero-order chi connectivity index (χ0) is 15.3. The van der Waals surface area contributed by atoms with Crippen LogP contribution in [0.4, 0.5) is 4.39 Å². The molecule has 0 amide bonds. The van der Waals surface area contributed by atoms with Gasteiger partial charge in [-0.1, -0.05) is 19.4 Å². The summed E-state index contributed by atoms with van der Waals surface area (Å²) in [7, 11) is 0. The van der Waals surface area contributed by atoms with Gasteiger partial charge < -0.3 is 4.55 Å². The molecule has 0 fully saturated rings. The van der Waals surface area contributed by atoms with Crippen LogP contribution in [0.2, 0.25) is 0 Å². The van der Waals surface area contributed by atoms with Crippen molar-refractivity contribution in [2.75, 3.05) is 0 Å². The van der Waals surface area contributed by atoms with Crippen molar-refractivity contribution < 1.29 is 8.94 Å². The van der Waals surface area contributed by atoms with Gasteiger partial charge in [-0.2, -0.15) is 0 Å². The van der Waals surface area contributed by atoms with Crippen LogP contribution in [0.5, 0.6) is 0 Å². The van der Waals surface area contributed by atoms with Gasteiger partial charge in [0, 0.05) is 11.4 Å². The standard InChI is InChI=1S/C14H22BrFN2OS/c1-5-7-10(16)13(18-20(19)14(2,3)4)11-8-6-9-12(15)17-11/h6,8-10,13,18H,5,7H2,1-4H3/t10?,13-,20?/m1/s1. The molecule has 2 unspecified atom stereocenters. The molecule has 0 aliphatic heterocycles. The number of alkyl halides is 1. The molecule has 0 aromatic carbocycles. The largest absolute Gasteiger partial charge is 0.598 e. The molecule has 1 aromatic rings. The van der Waals surface area contributed by atoms with Crippen molar-refractivity contribution in [2.45, 2.75) is 57.5 Å². The average molecular weight is 365 g/mol.